The number of hydrogen-bond donors (Lipinski definition) is 2. The number of nitrogens with zero attached hydrogens (tertiary/aromatic N) is 1. The van der Waals surface area contributed by atoms with E-state index in [9.17, 15) is 4.79 Å². The molecule has 102 valence electrons. The minimum atomic E-state index is -0.131. The molecule has 1 aromatic rings. The summed E-state index contributed by atoms with van der Waals surface area (Å²) in [6.07, 6.45) is 5.27. The summed E-state index contributed by atoms with van der Waals surface area (Å²) in [6, 6.07) is 3.38. The van der Waals surface area contributed by atoms with E-state index >= 15 is 0 Å². The summed E-state index contributed by atoms with van der Waals surface area (Å²) in [7, 11) is 0. The summed E-state index contributed by atoms with van der Waals surface area (Å²) in [5, 5.41) is 2.95. The molecule has 2 rings (SSSR count). The quantitative estimate of drug-likeness (QED) is 0.825. The van der Waals surface area contributed by atoms with Crippen molar-refractivity contribution in [1.82, 2.24) is 10.3 Å². The van der Waals surface area contributed by atoms with Crippen LogP contribution in [0.3, 0.4) is 0 Å². The third kappa shape index (κ3) is 3.50. The van der Waals surface area contributed by atoms with Gasteiger partial charge in [0.25, 0.3) is 5.91 Å². The molecule has 1 aliphatic carbocycles. The minimum Gasteiger partial charge on any atom is -0.389 e. The van der Waals surface area contributed by atoms with E-state index in [0.717, 1.165) is 6.54 Å². The van der Waals surface area contributed by atoms with Gasteiger partial charge in [-0.05, 0) is 30.4 Å². The topological polar surface area (TPSA) is 68.0 Å². The number of hydrogen-bond acceptors (Lipinski definition) is 3. The second kappa shape index (κ2) is 6.10. The van der Waals surface area contributed by atoms with Gasteiger partial charge in [-0.3, -0.25) is 9.78 Å². The molecular weight excluding hydrogens is 258 g/mol. The third-order valence-electron chi connectivity index (χ3n) is 3.84. The maximum Gasteiger partial charge on any atom is 0.269 e. The molecule has 2 unspecified atom stereocenters. The molecule has 0 aromatic carbocycles. The third-order valence-corrected chi connectivity index (χ3v) is 4.08. The molecule has 2 atom stereocenters. The van der Waals surface area contributed by atoms with Gasteiger partial charge in [-0.2, -0.15) is 0 Å². The zero-order valence-electron chi connectivity index (χ0n) is 11.1. The number of thiocarbonyl (C=S) groups is 1. The van der Waals surface area contributed by atoms with E-state index in [4.69, 9.17) is 18.0 Å². The van der Waals surface area contributed by atoms with E-state index in [0.29, 0.717) is 28.1 Å². The molecule has 0 spiro atoms. The summed E-state index contributed by atoms with van der Waals surface area (Å²) in [5.74, 6) is 1.17. The van der Waals surface area contributed by atoms with Gasteiger partial charge >= 0.3 is 0 Å². The van der Waals surface area contributed by atoms with Gasteiger partial charge in [0.2, 0.25) is 0 Å². The largest absolute Gasteiger partial charge is 0.389 e. The van der Waals surface area contributed by atoms with E-state index in [2.05, 4.69) is 17.2 Å². The Kier molecular flexibility index (Phi) is 4.47. The number of nitrogens with one attached hydrogen (secondary N) is 1. The SMILES string of the molecule is CC1CCCC1CNC(=O)c1ccc(C(N)=S)cn1. The molecule has 1 aliphatic rings. The Balaban J connectivity index is 1.90. The van der Waals surface area contributed by atoms with E-state index in [1.165, 1.54) is 25.5 Å². The highest BCUT2D eigenvalue weighted by Crippen LogP contribution is 2.30. The number of carbonyl (C=O) groups is 1. The Morgan fingerprint density at radius 1 is 1.53 bits per heavy atom. The number of amides is 1. The van der Waals surface area contributed by atoms with Gasteiger partial charge in [-0.25, -0.2) is 0 Å². The van der Waals surface area contributed by atoms with Gasteiger partial charge < -0.3 is 11.1 Å². The standard InChI is InChI=1S/C14H19N3OS/c1-9-3-2-4-10(9)7-17-14(18)12-6-5-11(8-16-12)13(15)19/h5-6,8-10H,2-4,7H2,1H3,(H2,15,19)(H,17,18). The summed E-state index contributed by atoms with van der Waals surface area (Å²) in [4.78, 5) is 16.3. The molecule has 1 saturated carbocycles. The molecule has 0 saturated heterocycles. The van der Waals surface area contributed by atoms with Crippen LogP contribution in [-0.4, -0.2) is 22.4 Å². The van der Waals surface area contributed by atoms with Crippen LogP contribution in [0, 0.1) is 11.8 Å². The minimum absolute atomic E-state index is 0.131. The molecule has 0 bridgehead atoms. The number of pyridine rings is 1. The number of aromatic nitrogens is 1. The number of rotatable bonds is 4. The molecule has 1 heterocycles. The van der Waals surface area contributed by atoms with Crippen LogP contribution >= 0.6 is 12.2 Å². The normalized spacial score (nSPS) is 22.2. The zero-order valence-corrected chi connectivity index (χ0v) is 11.9. The molecule has 3 N–H and O–H groups in total. The van der Waals surface area contributed by atoms with E-state index < -0.39 is 0 Å². The first-order chi connectivity index (χ1) is 9.08. The van der Waals surface area contributed by atoms with Crippen LogP contribution in [-0.2, 0) is 0 Å². The Morgan fingerprint density at radius 2 is 2.32 bits per heavy atom. The lowest BCUT2D eigenvalue weighted by Gasteiger charge is -2.15. The van der Waals surface area contributed by atoms with Crippen LogP contribution in [0.1, 0.15) is 42.2 Å². The number of nitrogens with two attached hydrogens (primary N) is 1. The van der Waals surface area contributed by atoms with E-state index in [1.807, 2.05) is 0 Å². The van der Waals surface area contributed by atoms with E-state index in [1.54, 1.807) is 12.1 Å². The monoisotopic (exact) mass is 277 g/mol. The highest BCUT2D eigenvalue weighted by atomic mass is 32.1. The Hall–Kier alpha value is -1.49. The lowest BCUT2D eigenvalue weighted by Crippen LogP contribution is -2.30. The van der Waals surface area contributed by atoms with Crippen LogP contribution in [0.5, 0.6) is 0 Å². The van der Waals surface area contributed by atoms with Crippen molar-refractivity contribution >= 4 is 23.1 Å². The second-order valence-corrected chi connectivity index (χ2v) is 5.61. The molecule has 19 heavy (non-hydrogen) atoms. The lowest BCUT2D eigenvalue weighted by molar-refractivity contribution is 0.0939. The van der Waals surface area contributed by atoms with Crippen molar-refractivity contribution in [3.63, 3.8) is 0 Å². The van der Waals surface area contributed by atoms with E-state index in [-0.39, 0.29) is 5.91 Å². The highest BCUT2D eigenvalue weighted by Gasteiger charge is 2.23. The zero-order chi connectivity index (χ0) is 13.8. The Bertz CT molecular complexity index is 472. The van der Waals surface area contributed by atoms with Gasteiger partial charge in [-0.1, -0.05) is 32.0 Å². The van der Waals surface area contributed by atoms with Gasteiger partial charge in [-0.15, -0.1) is 0 Å². The molecular formula is C14H19N3OS. The van der Waals surface area contributed by atoms with Crippen LogP contribution in [0.2, 0.25) is 0 Å². The maximum absolute atomic E-state index is 12.0. The summed E-state index contributed by atoms with van der Waals surface area (Å²) in [6.45, 7) is 2.98. The predicted octanol–water partition coefficient (Wildman–Crippen LogP) is 1.88. The van der Waals surface area contributed by atoms with Crippen molar-refractivity contribution in [3.05, 3.63) is 29.6 Å². The van der Waals surface area contributed by atoms with Gasteiger partial charge in [0.05, 0.1) is 0 Å². The molecule has 1 fully saturated rings. The molecule has 1 amide bonds. The average Bonchev–Trinajstić information content (AvgIpc) is 2.81. The smallest absolute Gasteiger partial charge is 0.269 e. The summed E-state index contributed by atoms with van der Waals surface area (Å²) >= 11 is 4.84. The maximum atomic E-state index is 12.0. The first-order valence-electron chi connectivity index (χ1n) is 6.62. The van der Waals surface area contributed by atoms with Crippen molar-refractivity contribution in [3.8, 4) is 0 Å². The Morgan fingerprint density at radius 3 is 2.84 bits per heavy atom. The highest BCUT2D eigenvalue weighted by molar-refractivity contribution is 7.80. The van der Waals surface area contributed by atoms with Crippen molar-refractivity contribution in [2.24, 2.45) is 17.6 Å². The van der Waals surface area contributed by atoms with Crippen molar-refractivity contribution in [1.29, 1.82) is 0 Å². The van der Waals surface area contributed by atoms with Crippen molar-refractivity contribution in [2.75, 3.05) is 6.54 Å². The first-order valence-corrected chi connectivity index (χ1v) is 7.03. The summed E-state index contributed by atoms with van der Waals surface area (Å²) in [5.41, 5.74) is 6.57. The Labute approximate surface area is 118 Å². The fraction of sp³-hybridized carbons (Fsp3) is 0.500. The molecule has 1 aromatic heterocycles. The van der Waals surface area contributed by atoms with Crippen LogP contribution in [0.15, 0.2) is 18.3 Å². The first kappa shape index (κ1) is 13.9. The van der Waals surface area contributed by atoms with Crippen LogP contribution in [0.4, 0.5) is 0 Å². The van der Waals surface area contributed by atoms with Gasteiger partial charge in [0.15, 0.2) is 0 Å². The molecule has 0 aliphatic heterocycles. The fourth-order valence-electron chi connectivity index (χ4n) is 2.51. The lowest BCUT2D eigenvalue weighted by atomic mass is 9.98. The van der Waals surface area contributed by atoms with Gasteiger partial charge in [0.1, 0.15) is 10.7 Å². The molecule has 5 heteroatoms. The second-order valence-electron chi connectivity index (χ2n) is 5.17. The van der Waals surface area contributed by atoms with Crippen molar-refractivity contribution in [2.45, 2.75) is 26.2 Å². The fourth-order valence-corrected chi connectivity index (χ4v) is 2.63. The predicted molar refractivity (Wildman–Crippen MR) is 79.0 cm³/mol. The molecule has 4 nitrogen and oxygen atoms in total. The van der Waals surface area contributed by atoms with Gasteiger partial charge in [0, 0.05) is 18.3 Å². The molecule has 0 radical (unpaired) electrons. The van der Waals surface area contributed by atoms with Crippen LogP contribution in [0.25, 0.3) is 0 Å². The average molecular weight is 277 g/mol. The number of carbonyl (C=O) groups excluding carboxylic acids is 1. The van der Waals surface area contributed by atoms with Crippen LogP contribution < -0.4 is 11.1 Å². The summed E-state index contributed by atoms with van der Waals surface area (Å²) < 4.78 is 0. The van der Waals surface area contributed by atoms with Crippen molar-refractivity contribution < 1.29 is 4.79 Å².